The lowest BCUT2D eigenvalue weighted by atomic mass is 10.1. The maximum absolute atomic E-state index is 12.4. The Labute approximate surface area is 175 Å². The first-order chi connectivity index (χ1) is 14.2. The second-order valence-corrected chi connectivity index (χ2v) is 7.10. The standard InChI is InChI=1S/C18H21N3O8S/c1-8-12(17(24)27-6-5-26-4)16(30-14(8)15(19)23)20-11(22)7-28-18(25)13-9(2)21-29-10(13)3/h5-7H2,1-4H3,(H2,19,23)(H,20,22). The molecule has 162 valence electrons. The van der Waals surface area contributed by atoms with Crippen LogP contribution < -0.4 is 11.1 Å². The molecule has 3 N–H and O–H groups in total. The van der Waals surface area contributed by atoms with Gasteiger partial charge in [0.25, 0.3) is 11.8 Å². The van der Waals surface area contributed by atoms with Gasteiger partial charge in [0, 0.05) is 7.11 Å². The van der Waals surface area contributed by atoms with Crippen LogP contribution in [0.3, 0.4) is 0 Å². The highest BCUT2D eigenvalue weighted by Crippen LogP contribution is 2.33. The molecule has 0 spiro atoms. The Balaban J connectivity index is 2.13. The third-order valence-electron chi connectivity index (χ3n) is 3.92. The lowest BCUT2D eigenvalue weighted by molar-refractivity contribution is -0.119. The number of ether oxygens (including phenoxy) is 3. The van der Waals surface area contributed by atoms with Crippen molar-refractivity contribution in [3.63, 3.8) is 0 Å². The van der Waals surface area contributed by atoms with E-state index in [9.17, 15) is 19.2 Å². The fraction of sp³-hybridized carbons (Fsp3) is 0.389. The third kappa shape index (κ3) is 5.21. The van der Waals surface area contributed by atoms with Crippen LogP contribution in [0.4, 0.5) is 5.00 Å². The molecule has 2 aromatic heterocycles. The summed E-state index contributed by atoms with van der Waals surface area (Å²) in [6, 6.07) is 0. The van der Waals surface area contributed by atoms with Crippen molar-refractivity contribution in [3.05, 3.63) is 33.0 Å². The number of amides is 2. The van der Waals surface area contributed by atoms with Gasteiger partial charge in [0.15, 0.2) is 6.61 Å². The van der Waals surface area contributed by atoms with Gasteiger partial charge in [-0.25, -0.2) is 9.59 Å². The van der Waals surface area contributed by atoms with Crippen molar-refractivity contribution in [2.24, 2.45) is 5.73 Å². The van der Waals surface area contributed by atoms with Gasteiger partial charge in [0.05, 0.1) is 22.7 Å². The highest BCUT2D eigenvalue weighted by molar-refractivity contribution is 7.18. The fourth-order valence-corrected chi connectivity index (χ4v) is 3.58. The summed E-state index contributed by atoms with van der Waals surface area (Å²) in [5.74, 6) is -2.75. The number of esters is 2. The Bertz CT molecular complexity index is 959. The van der Waals surface area contributed by atoms with Crippen molar-refractivity contribution in [1.29, 1.82) is 0 Å². The van der Waals surface area contributed by atoms with Gasteiger partial charge in [-0.3, -0.25) is 9.59 Å². The van der Waals surface area contributed by atoms with Gasteiger partial charge in [0.2, 0.25) is 0 Å². The number of rotatable bonds is 9. The third-order valence-corrected chi connectivity index (χ3v) is 5.14. The van der Waals surface area contributed by atoms with Crippen LogP contribution in [0.15, 0.2) is 4.52 Å². The summed E-state index contributed by atoms with van der Waals surface area (Å²) in [6.07, 6.45) is 0. The molecule has 2 aromatic rings. The largest absolute Gasteiger partial charge is 0.460 e. The Kier molecular flexibility index (Phi) is 7.66. The number of anilines is 1. The number of aromatic nitrogens is 1. The maximum atomic E-state index is 12.4. The van der Waals surface area contributed by atoms with E-state index < -0.39 is 30.4 Å². The van der Waals surface area contributed by atoms with E-state index in [0.717, 1.165) is 11.3 Å². The van der Waals surface area contributed by atoms with Crippen LogP contribution in [-0.4, -0.2) is 55.8 Å². The predicted octanol–water partition coefficient (Wildman–Crippen LogP) is 1.36. The van der Waals surface area contributed by atoms with Crippen molar-refractivity contribution in [1.82, 2.24) is 5.16 Å². The normalized spacial score (nSPS) is 10.5. The molecule has 0 aliphatic heterocycles. The number of carbonyl (C=O) groups excluding carboxylic acids is 4. The molecule has 0 fully saturated rings. The number of methoxy groups -OCH3 is 1. The molecule has 0 saturated carbocycles. The molecule has 2 rings (SSSR count). The number of primary amides is 1. The average molecular weight is 439 g/mol. The number of carbonyl (C=O) groups is 4. The molecule has 11 nitrogen and oxygen atoms in total. The number of hydrogen-bond acceptors (Lipinski definition) is 10. The van der Waals surface area contributed by atoms with E-state index >= 15 is 0 Å². The van der Waals surface area contributed by atoms with Crippen LogP contribution >= 0.6 is 11.3 Å². The molecule has 0 bridgehead atoms. The summed E-state index contributed by atoms with van der Waals surface area (Å²) >= 11 is 0.823. The minimum absolute atomic E-state index is 0.00435. The lowest BCUT2D eigenvalue weighted by Crippen LogP contribution is -2.22. The SMILES string of the molecule is COCCOC(=O)c1c(NC(=O)COC(=O)c2c(C)noc2C)sc(C(N)=O)c1C. The average Bonchev–Trinajstić information content (AvgIpc) is 3.18. The van der Waals surface area contributed by atoms with E-state index in [-0.39, 0.29) is 45.5 Å². The van der Waals surface area contributed by atoms with Gasteiger partial charge in [-0.15, -0.1) is 11.3 Å². The van der Waals surface area contributed by atoms with Gasteiger partial charge >= 0.3 is 11.9 Å². The maximum Gasteiger partial charge on any atom is 0.344 e. The van der Waals surface area contributed by atoms with Crippen molar-refractivity contribution in [2.45, 2.75) is 20.8 Å². The van der Waals surface area contributed by atoms with Crippen LogP contribution in [0, 0.1) is 20.8 Å². The molecule has 30 heavy (non-hydrogen) atoms. The minimum atomic E-state index is -0.777. The highest BCUT2D eigenvalue weighted by Gasteiger charge is 2.26. The first kappa shape index (κ1) is 23.0. The van der Waals surface area contributed by atoms with Crippen molar-refractivity contribution in [3.8, 4) is 0 Å². The van der Waals surface area contributed by atoms with E-state index in [0.29, 0.717) is 5.69 Å². The number of nitrogens with two attached hydrogens (primary N) is 1. The molecule has 0 radical (unpaired) electrons. The van der Waals surface area contributed by atoms with Crippen LogP contribution in [0.25, 0.3) is 0 Å². The summed E-state index contributed by atoms with van der Waals surface area (Å²) in [4.78, 5) is 48.5. The smallest absolute Gasteiger partial charge is 0.344 e. The van der Waals surface area contributed by atoms with Crippen molar-refractivity contribution >= 4 is 40.1 Å². The first-order valence-electron chi connectivity index (χ1n) is 8.66. The Morgan fingerprint density at radius 2 is 1.73 bits per heavy atom. The Morgan fingerprint density at radius 3 is 2.30 bits per heavy atom. The Hall–Kier alpha value is -3.25. The van der Waals surface area contributed by atoms with Gasteiger partial charge in [-0.2, -0.15) is 0 Å². The van der Waals surface area contributed by atoms with Gasteiger partial charge in [-0.1, -0.05) is 5.16 Å². The van der Waals surface area contributed by atoms with Gasteiger partial charge in [-0.05, 0) is 26.3 Å². The number of hydrogen-bond donors (Lipinski definition) is 2. The summed E-state index contributed by atoms with van der Waals surface area (Å²) in [6.45, 7) is 4.14. The number of nitrogens with zero attached hydrogens (tertiary/aromatic N) is 1. The van der Waals surface area contributed by atoms with Crippen LogP contribution in [-0.2, 0) is 19.0 Å². The van der Waals surface area contributed by atoms with E-state index in [2.05, 4.69) is 10.5 Å². The highest BCUT2D eigenvalue weighted by atomic mass is 32.1. The summed E-state index contributed by atoms with van der Waals surface area (Å²) in [5.41, 5.74) is 6.07. The van der Waals surface area contributed by atoms with Crippen LogP contribution in [0.1, 0.15) is 47.4 Å². The molecule has 2 amide bonds. The number of thiophene rings is 1. The van der Waals surface area contributed by atoms with E-state index in [4.69, 9.17) is 24.5 Å². The quantitative estimate of drug-likeness (QED) is 0.434. The summed E-state index contributed by atoms with van der Waals surface area (Å²) in [7, 11) is 1.45. The first-order valence-corrected chi connectivity index (χ1v) is 9.48. The molecule has 12 heteroatoms. The molecule has 0 aromatic carbocycles. The number of aryl methyl sites for hydroxylation is 2. The monoisotopic (exact) mass is 439 g/mol. The number of nitrogens with one attached hydrogen (secondary N) is 1. The van der Waals surface area contributed by atoms with Crippen molar-refractivity contribution < 1.29 is 37.9 Å². The summed E-state index contributed by atoms with van der Waals surface area (Å²) < 4.78 is 19.8. The fourth-order valence-electron chi connectivity index (χ4n) is 2.51. The predicted molar refractivity (Wildman–Crippen MR) is 105 cm³/mol. The second kappa shape index (κ2) is 9.98. The molecule has 2 heterocycles. The molecule has 0 aliphatic rings. The summed E-state index contributed by atoms with van der Waals surface area (Å²) in [5, 5.41) is 6.15. The van der Waals surface area contributed by atoms with E-state index in [1.165, 1.54) is 21.0 Å². The zero-order valence-electron chi connectivity index (χ0n) is 16.8. The Morgan fingerprint density at radius 1 is 1.07 bits per heavy atom. The molecule has 0 unspecified atom stereocenters. The van der Waals surface area contributed by atoms with E-state index in [1.54, 1.807) is 6.92 Å². The van der Waals surface area contributed by atoms with Gasteiger partial charge < -0.3 is 29.8 Å². The van der Waals surface area contributed by atoms with Crippen molar-refractivity contribution in [2.75, 3.05) is 32.2 Å². The minimum Gasteiger partial charge on any atom is -0.460 e. The van der Waals surface area contributed by atoms with Crippen LogP contribution in [0.5, 0.6) is 0 Å². The second-order valence-electron chi connectivity index (χ2n) is 6.08. The molecule has 0 aliphatic carbocycles. The molecular formula is C18H21N3O8S. The van der Waals surface area contributed by atoms with E-state index in [1.807, 2.05) is 0 Å². The molecule has 0 atom stereocenters. The molecular weight excluding hydrogens is 418 g/mol. The zero-order valence-corrected chi connectivity index (χ0v) is 17.6. The van der Waals surface area contributed by atoms with Gasteiger partial charge in [0.1, 0.15) is 22.9 Å². The van der Waals surface area contributed by atoms with Crippen LogP contribution in [0.2, 0.25) is 0 Å². The molecule has 0 saturated heterocycles. The zero-order chi connectivity index (χ0) is 22.4. The lowest BCUT2D eigenvalue weighted by Gasteiger charge is -2.08. The topological polar surface area (TPSA) is 160 Å².